The molecule has 0 aliphatic rings. The van der Waals surface area contributed by atoms with E-state index in [0.29, 0.717) is 12.1 Å². The van der Waals surface area contributed by atoms with Gasteiger partial charge in [0.1, 0.15) is 0 Å². The Hall–Kier alpha value is -2.53. The number of halogens is 7. The maximum atomic E-state index is 13.9. The van der Waals surface area contributed by atoms with Crippen molar-refractivity contribution in [2.45, 2.75) is 24.9 Å². The Morgan fingerprint density at radius 2 is 1.42 bits per heavy atom. The number of hydrogen-bond acceptors (Lipinski definition) is 1. The molecule has 1 rings (SSSR count). The molecule has 0 unspecified atom stereocenters. The van der Waals surface area contributed by atoms with Crippen LogP contribution in [0.15, 0.2) is 28.2 Å². The van der Waals surface area contributed by atoms with Crippen LogP contribution in [-0.2, 0) is 5.67 Å². The van der Waals surface area contributed by atoms with Gasteiger partial charge in [0.25, 0.3) is 0 Å². The maximum absolute atomic E-state index is 13.9. The van der Waals surface area contributed by atoms with Gasteiger partial charge in [0.05, 0.1) is 5.69 Å². The molecule has 0 fully saturated rings. The van der Waals surface area contributed by atoms with Crippen LogP contribution >= 0.6 is 0 Å². The number of rotatable bonds is 2. The fraction of sp³-hybridized carbons (Fsp3) is 0.333. The molecule has 0 spiro atoms. The lowest BCUT2D eigenvalue weighted by Crippen LogP contribution is -2.50. The predicted octanol–water partition coefficient (Wildman–Crippen LogP) is 2.50. The predicted molar refractivity (Wildman–Crippen MR) is 73.2 cm³/mol. The molecule has 0 aliphatic heterocycles. The van der Waals surface area contributed by atoms with Crippen LogP contribution in [0.3, 0.4) is 0 Å². The van der Waals surface area contributed by atoms with Crippen LogP contribution in [0.2, 0.25) is 0 Å². The van der Waals surface area contributed by atoms with Crippen molar-refractivity contribution in [1.29, 1.82) is 0 Å². The molecule has 12 heteroatoms. The van der Waals surface area contributed by atoms with Crippen LogP contribution in [-0.4, -0.2) is 24.3 Å². The molecule has 0 radical (unpaired) electrons. The van der Waals surface area contributed by atoms with Crippen molar-refractivity contribution in [3.05, 3.63) is 29.3 Å². The summed E-state index contributed by atoms with van der Waals surface area (Å²) in [5.74, 6) is -0.938. The zero-order valence-electron chi connectivity index (χ0n) is 12.0. The first-order chi connectivity index (χ1) is 10.7. The minimum Gasteiger partial charge on any atom is -0.370 e. The number of benzene rings is 1. The van der Waals surface area contributed by atoms with Gasteiger partial charge in [0, 0.05) is 5.56 Å². The second-order valence-electron chi connectivity index (χ2n) is 4.66. The number of nitrogens with two attached hydrogens (primary N) is 3. The Morgan fingerprint density at radius 1 is 0.917 bits per heavy atom. The monoisotopic (exact) mass is 359 g/mol. The number of aliphatic imine (C=N–C) groups is 2. The zero-order valence-corrected chi connectivity index (χ0v) is 12.0. The first kappa shape index (κ1) is 19.5. The van der Waals surface area contributed by atoms with Gasteiger partial charge in [-0.3, -0.25) is 0 Å². The Balaban J connectivity index is 3.45. The highest BCUT2D eigenvalue weighted by molar-refractivity contribution is 5.93. The van der Waals surface area contributed by atoms with Gasteiger partial charge in [-0.1, -0.05) is 12.1 Å². The lowest BCUT2D eigenvalue weighted by molar-refractivity contribution is -0.348. The average Bonchev–Trinajstić information content (AvgIpc) is 2.36. The van der Waals surface area contributed by atoms with Crippen molar-refractivity contribution in [3.63, 3.8) is 0 Å². The largest absolute Gasteiger partial charge is 0.435 e. The van der Waals surface area contributed by atoms with E-state index in [-0.39, 0.29) is 11.3 Å². The van der Waals surface area contributed by atoms with Crippen LogP contribution < -0.4 is 17.2 Å². The van der Waals surface area contributed by atoms with E-state index in [2.05, 4.69) is 9.98 Å². The van der Waals surface area contributed by atoms with Crippen LogP contribution in [0, 0.1) is 6.92 Å². The normalized spacial score (nSPS) is 13.8. The van der Waals surface area contributed by atoms with Crippen molar-refractivity contribution in [3.8, 4) is 0 Å². The summed E-state index contributed by atoms with van der Waals surface area (Å²) in [5, 5.41) is 0. The zero-order chi connectivity index (χ0) is 18.9. The topological polar surface area (TPSA) is 103 Å². The summed E-state index contributed by atoms with van der Waals surface area (Å²) in [6, 6.07) is 1.43. The molecule has 0 amide bonds. The summed E-state index contributed by atoms with van der Waals surface area (Å²) < 4.78 is 90.0. The summed E-state index contributed by atoms with van der Waals surface area (Å²) in [5.41, 5.74) is 7.89. The number of guanidine groups is 2. The standard InChI is InChI=1S/C12H12F7N5/c1-5-4-6(10(13,11(14,15)16)12(17,18)19)2-3-7(5)23-9(22)24-8(20)21/h2-4H,1H3,(H6,20,21,22,23,24). The van der Waals surface area contributed by atoms with Gasteiger partial charge in [0.2, 0.25) is 5.96 Å². The fourth-order valence-corrected chi connectivity index (χ4v) is 1.76. The van der Waals surface area contributed by atoms with E-state index in [1.54, 1.807) is 0 Å². The summed E-state index contributed by atoms with van der Waals surface area (Å²) in [6.45, 7) is 1.12. The second kappa shape index (κ2) is 6.17. The quantitative estimate of drug-likeness (QED) is 0.429. The average molecular weight is 359 g/mol. The van der Waals surface area contributed by atoms with E-state index in [1.165, 1.54) is 0 Å². The van der Waals surface area contributed by atoms with E-state index in [0.717, 1.165) is 13.0 Å². The molecule has 24 heavy (non-hydrogen) atoms. The van der Waals surface area contributed by atoms with E-state index in [4.69, 9.17) is 17.2 Å². The highest BCUT2D eigenvalue weighted by Crippen LogP contribution is 2.53. The number of hydrogen-bond donors (Lipinski definition) is 3. The minimum atomic E-state index is -6.19. The molecule has 134 valence electrons. The summed E-state index contributed by atoms with van der Waals surface area (Å²) >= 11 is 0. The third-order valence-electron chi connectivity index (χ3n) is 2.85. The molecule has 6 N–H and O–H groups in total. The minimum absolute atomic E-state index is 0.132. The molecule has 0 saturated carbocycles. The smallest absolute Gasteiger partial charge is 0.370 e. The van der Waals surface area contributed by atoms with Crippen LogP contribution in [0.25, 0.3) is 0 Å². The number of alkyl halides is 7. The molecule has 0 aromatic heterocycles. The molecule has 0 atom stereocenters. The van der Waals surface area contributed by atoms with Crippen LogP contribution in [0.1, 0.15) is 11.1 Å². The molecule has 0 bridgehead atoms. The van der Waals surface area contributed by atoms with E-state index in [9.17, 15) is 30.7 Å². The van der Waals surface area contributed by atoms with Gasteiger partial charge in [-0.05, 0) is 18.6 Å². The molecular weight excluding hydrogens is 347 g/mol. The fourth-order valence-electron chi connectivity index (χ4n) is 1.76. The molecule has 0 saturated heterocycles. The maximum Gasteiger partial charge on any atom is 0.435 e. The highest BCUT2D eigenvalue weighted by atomic mass is 19.4. The summed E-state index contributed by atoms with van der Waals surface area (Å²) in [7, 11) is 0. The lowest BCUT2D eigenvalue weighted by atomic mass is 9.92. The van der Waals surface area contributed by atoms with Gasteiger partial charge in [-0.25, -0.2) is 9.38 Å². The molecule has 5 nitrogen and oxygen atoms in total. The van der Waals surface area contributed by atoms with E-state index < -0.39 is 35.5 Å². The summed E-state index contributed by atoms with van der Waals surface area (Å²) in [6.07, 6.45) is -12.4. The molecule has 1 aromatic carbocycles. The molecule has 0 aliphatic carbocycles. The number of nitrogens with zero attached hydrogens (tertiary/aromatic N) is 2. The van der Waals surface area contributed by atoms with Gasteiger partial charge in [-0.2, -0.15) is 31.3 Å². The SMILES string of the molecule is Cc1cc(C(F)(C(F)(F)F)C(F)(F)F)ccc1N=C(N)N=C(N)N. The Morgan fingerprint density at radius 3 is 1.79 bits per heavy atom. The Kier molecular flexibility index (Phi) is 5.02. The van der Waals surface area contributed by atoms with E-state index in [1.807, 2.05) is 0 Å². The molecule has 0 heterocycles. The van der Waals surface area contributed by atoms with Gasteiger partial charge in [-0.15, -0.1) is 0 Å². The highest BCUT2D eigenvalue weighted by Gasteiger charge is 2.73. The van der Waals surface area contributed by atoms with Crippen molar-refractivity contribution >= 4 is 17.6 Å². The van der Waals surface area contributed by atoms with Crippen LogP contribution in [0.5, 0.6) is 0 Å². The first-order valence-corrected chi connectivity index (χ1v) is 6.07. The van der Waals surface area contributed by atoms with Gasteiger partial charge >= 0.3 is 18.0 Å². The van der Waals surface area contributed by atoms with Crippen LogP contribution in [0.4, 0.5) is 36.4 Å². The molecule has 1 aromatic rings. The summed E-state index contributed by atoms with van der Waals surface area (Å²) in [4.78, 5) is 6.94. The third kappa shape index (κ3) is 3.68. The molecular formula is C12H12F7N5. The van der Waals surface area contributed by atoms with Crippen molar-refractivity contribution in [2.75, 3.05) is 0 Å². The van der Waals surface area contributed by atoms with Gasteiger partial charge < -0.3 is 17.2 Å². The van der Waals surface area contributed by atoms with Gasteiger partial charge in [0.15, 0.2) is 5.96 Å². The Bertz CT molecular complexity index is 657. The first-order valence-electron chi connectivity index (χ1n) is 6.07. The third-order valence-corrected chi connectivity index (χ3v) is 2.85. The van der Waals surface area contributed by atoms with Crippen molar-refractivity contribution < 1.29 is 30.7 Å². The second-order valence-corrected chi connectivity index (χ2v) is 4.66. The number of aryl methyl sites for hydroxylation is 1. The lowest BCUT2D eigenvalue weighted by Gasteiger charge is -2.30. The Labute approximate surface area is 131 Å². The van der Waals surface area contributed by atoms with Crippen molar-refractivity contribution in [1.82, 2.24) is 0 Å². The van der Waals surface area contributed by atoms with Crippen molar-refractivity contribution in [2.24, 2.45) is 27.2 Å². The van der Waals surface area contributed by atoms with E-state index >= 15 is 0 Å².